The minimum absolute atomic E-state index is 0.158. The van der Waals surface area contributed by atoms with Crippen molar-refractivity contribution in [1.82, 2.24) is 14.8 Å². The lowest BCUT2D eigenvalue weighted by molar-refractivity contribution is 0.0777. The third-order valence-electron chi connectivity index (χ3n) is 4.93. The Morgan fingerprint density at radius 2 is 2.00 bits per heavy atom. The van der Waals surface area contributed by atoms with Gasteiger partial charge in [0.25, 0.3) is 11.5 Å². The number of H-pyrrole nitrogens is 1. The Hall–Kier alpha value is -2.40. The van der Waals surface area contributed by atoms with Gasteiger partial charge in [-0.1, -0.05) is 30.3 Å². The average Bonchev–Trinajstić information content (AvgIpc) is 3.05. The first kappa shape index (κ1) is 17.4. The molecule has 5 heteroatoms. The molecular weight excluding hydrogens is 314 g/mol. The molecule has 2 heterocycles. The highest BCUT2D eigenvalue weighted by molar-refractivity contribution is 5.95. The number of likely N-dealkylation sites (tertiary alicyclic amines) is 1. The predicted molar refractivity (Wildman–Crippen MR) is 98.8 cm³/mol. The van der Waals surface area contributed by atoms with E-state index in [0.29, 0.717) is 19.1 Å². The van der Waals surface area contributed by atoms with E-state index in [1.165, 1.54) is 5.56 Å². The van der Waals surface area contributed by atoms with Crippen molar-refractivity contribution in [2.45, 2.75) is 32.9 Å². The fourth-order valence-electron chi connectivity index (χ4n) is 3.56. The second kappa shape index (κ2) is 7.23. The lowest BCUT2D eigenvalue weighted by atomic mass is 10.1. The molecule has 1 aliphatic heterocycles. The molecule has 1 aliphatic rings. The highest BCUT2D eigenvalue weighted by atomic mass is 16.2. The molecule has 1 N–H and O–H groups in total. The number of carbonyl (C=O) groups excluding carboxylic acids is 1. The van der Waals surface area contributed by atoms with Crippen LogP contribution < -0.4 is 5.56 Å². The van der Waals surface area contributed by atoms with Crippen LogP contribution in [-0.2, 0) is 6.54 Å². The van der Waals surface area contributed by atoms with Crippen LogP contribution in [0.4, 0.5) is 0 Å². The maximum Gasteiger partial charge on any atom is 0.261 e. The molecule has 0 saturated carbocycles. The lowest BCUT2D eigenvalue weighted by Gasteiger charge is -2.25. The summed E-state index contributed by atoms with van der Waals surface area (Å²) in [5.41, 5.74) is 2.77. The summed E-state index contributed by atoms with van der Waals surface area (Å²) >= 11 is 0. The van der Waals surface area contributed by atoms with Gasteiger partial charge in [-0.05, 0) is 44.5 Å². The van der Waals surface area contributed by atoms with Gasteiger partial charge in [0.1, 0.15) is 5.56 Å². The number of nitrogens with zero attached hydrogens (tertiary/aromatic N) is 2. The number of aromatic nitrogens is 1. The highest BCUT2D eigenvalue weighted by Gasteiger charge is 2.31. The minimum Gasteiger partial charge on any atom is -0.337 e. The van der Waals surface area contributed by atoms with Crippen LogP contribution in [0.5, 0.6) is 0 Å². The van der Waals surface area contributed by atoms with Gasteiger partial charge in [-0.2, -0.15) is 0 Å². The first-order chi connectivity index (χ1) is 12.0. The number of carbonyl (C=O) groups is 1. The van der Waals surface area contributed by atoms with E-state index in [4.69, 9.17) is 0 Å². The summed E-state index contributed by atoms with van der Waals surface area (Å²) in [6.07, 6.45) is 0.928. The van der Waals surface area contributed by atoms with Gasteiger partial charge in [0, 0.05) is 31.4 Å². The number of likely N-dealkylation sites (N-methyl/N-ethyl adjacent to an activating group) is 1. The number of benzene rings is 1. The Kier molecular flexibility index (Phi) is 5.04. The summed E-state index contributed by atoms with van der Waals surface area (Å²) in [4.78, 5) is 31.8. The zero-order valence-corrected chi connectivity index (χ0v) is 15.1. The Bertz CT molecular complexity index is 813. The molecule has 3 rings (SSSR count). The number of pyridine rings is 1. The summed E-state index contributed by atoms with van der Waals surface area (Å²) in [6.45, 7) is 5.86. The Morgan fingerprint density at radius 1 is 1.28 bits per heavy atom. The minimum atomic E-state index is -0.288. The van der Waals surface area contributed by atoms with Gasteiger partial charge in [0.15, 0.2) is 0 Å². The smallest absolute Gasteiger partial charge is 0.261 e. The molecule has 2 aromatic rings. The SMILES string of the molecule is Cc1cc(C)c(C(=O)N2CC[C@H](N(C)Cc3ccccc3)C2)c(=O)[nH]1. The largest absolute Gasteiger partial charge is 0.337 e. The van der Waals surface area contributed by atoms with E-state index in [1.807, 2.05) is 38.1 Å². The molecule has 0 aliphatic carbocycles. The van der Waals surface area contributed by atoms with Gasteiger partial charge in [-0.3, -0.25) is 14.5 Å². The van der Waals surface area contributed by atoms with E-state index in [9.17, 15) is 9.59 Å². The van der Waals surface area contributed by atoms with Gasteiger partial charge < -0.3 is 9.88 Å². The Labute approximate surface area is 148 Å². The van der Waals surface area contributed by atoms with Crippen LogP contribution in [0.15, 0.2) is 41.2 Å². The van der Waals surface area contributed by atoms with E-state index in [2.05, 4.69) is 29.1 Å². The van der Waals surface area contributed by atoms with Crippen molar-refractivity contribution in [1.29, 1.82) is 0 Å². The van der Waals surface area contributed by atoms with Crippen LogP contribution in [0, 0.1) is 13.8 Å². The van der Waals surface area contributed by atoms with Crippen LogP contribution in [0.1, 0.15) is 33.6 Å². The molecule has 1 atom stereocenters. The number of aryl methyl sites for hydroxylation is 2. The monoisotopic (exact) mass is 339 g/mol. The molecule has 1 fully saturated rings. The number of hydrogen-bond acceptors (Lipinski definition) is 3. The second-order valence-electron chi connectivity index (χ2n) is 6.93. The molecule has 1 aromatic heterocycles. The van der Waals surface area contributed by atoms with E-state index in [1.54, 1.807) is 4.90 Å². The van der Waals surface area contributed by atoms with Gasteiger partial charge in [-0.15, -0.1) is 0 Å². The maximum absolute atomic E-state index is 12.8. The molecule has 0 radical (unpaired) electrons. The van der Waals surface area contributed by atoms with Crippen molar-refractivity contribution in [3.63, 3.8) is 0 Å². The van der Waals surface area contributed by atoms with Crippen molar-refractivity contribution in [3.05, 3.63) is 69.1 Å². The van der Waals surface area contributed by atoms with Crippen molar-refractivity contribution in [3.8, 4) is 0 Å². The first-order valence-corrected chi connectivity index (χ1v) is 8.69. The number of nitrogens with one attached hydrogen (secondary N) is 1. The van der Waals surface area contributed by atoms with E-state index in [0.717, 1.165) is 24.2 Å². The fourth-order valence-corrected chi connectivity index (χ4v) is 3.56. The van der Waals surface area contributed by atoms with Gasteiger partial charge in [0.05, 0.1) is 0 Å². The summed E-state index contributed by atoms with van der Waals surface area (Å²) in [5, 5.41) is 0. The molecule has 1 amide bonds. The van der Waals surface area contributed by atoms with E-state index in [-0.39, 0.29) is 17.0 Å². The normalized spacial score (nSPS) is 17.3. The summed E-state index contributed by atoms with van der Waals surface area (Å²) in [5.74, 6) is -0.158. The number of amides is 1. The van der Waals surface area contributed by atoms with Crippen molar-refractivity contribution in [2.75, 3.05) is 20.1 Å². The van der Waals surface area contributed by atoms with Gasteiger partial charge >= 0.3 is 0 Å². The number of rotatable bonds is 4. The molecule has 5 nitrogen and oxygen atoms in total. The average molecular weight is 339 g/mol. The Balaban J connectivity index is 1.68. The van der Waals surface area contributed by atoms with Crippen LogP contribution in [0.25, 0.3) is 0 Å². The number of aromatic amines is 1. The molecular formula is C20H25N3O2. The third-order valence-corrected chi connectivity index (χ3v) is 4.93. The van der Waals surface area contributed by atoms with Crippen LogP contribution in [0.2, 0.25) is 0 Å². The predicted octanol–water partition coefficient (Wildman–Crippen LogP) is 2.34. The molecule has 1 saturated heterocycles. The summed E-state index contributed by atoms with van der Waals surface area (Å²) in [6, 6.07) is 12.5. The standard InChI is InChI=1S/C20H25N3O2/c1-14-11-15(2)21-19(24)18(14)20(25)23-10-9-17(13-23)22(3)12-16-7-5-4-6-8-16/h4-8,11,17H,9-10,12-13H2,1-3H3,(H,21,24)/t17-/m0/s1. The van der Waals surface area contributed by atoms with E-state index < -0.39 is 0 Å². The van der Waals surface area contributed by atoms with Crippen LogP contribution >= 0.6 is 0 Å². The second-order valence-corrected chi connectivity index (χ2v) is 6.93. The Morgan fingerprint density at radius 3 is 2.68 bits per heavy atom. The maximum atomic E-state index is 12.8. The van der Waals surface area contributed by atoms with Gasteiger partial charge in [0.2, 0.25) is 0 Å². The summed E-state index contributed by atoms with van der Waals surface area (Å²) < 4.78 is 0. The highest BCUT2D eigenvalue weighted by Crippen LogP contribution is 2.19. The van der Waals surface area contributed by atoms with Crippen molar-refractivity contribution >= 4 is 5.91 Å². The quantitative estimate of drug-likeness (QED) is 0.930. The zero-order chi connectivity index (χ0) is 18.0. The molecule has 0 unspecified atom stereocenters. The third kappa shape index (κ3) is 3.82. The topological polar surface area (TPSA) is 56.4 Å². The van der Waals surface area contributed by atoms with Crippen molar-refractivity contribution < 1.29 is 4.79 Å². The first-order valence-electron chi connectivity index (χ1n) is 8.69. The molecule has 132 valence electrons. The zero-order valence-electron chi connectivity index (χ0n) is 15.1. The molecule has 0 spiro atoms. The summed E-state index contributed by atoms with van der Waals surface area (Å²) in [7, 11) is 2.09. The van der Waals surface area contributed by atoms with Crippen LogP contribution in [-0.4, -0.2) is 46.9 Å². The van der Waals surface area contributed by atoms with E-state index >= 15 is 0 Å². The van der Waals surface area contributed by atoms with Crippen LogP contribution in [0.3, 0.4) is 0 Å². The van der Waals surface area contributed by atoms with Gasteiger partial charge in [-0.25, -0.2) is 0 Å². The lowest BCUT2D eigenvalue weighted by Crippen LogP contribution is -2.38. The van der Waals surface area contributed by atoms with Crippen molar-refractivity contribution in [2.24, 2.45) is 0 Å². The molecule has 25 heavy (non-hydrogen) atoms. The molecule has 0 bridgehead atoms. The molecule has 1 aromatic carbocycles. The number of hydrogen-bond donors (Lipinski definition) is 1. The fraction of sp³-hybridized carbons (Fsp3) is 0.400.